The Morgan fingerprint density at radius 2 is 2.18 bits per heavy atom. The number of carbonyl (C=O) groups is 2. The van der Waals surface area contributed by atoms with E-state index in [9.17, 15) is 9.18 Å². The predicted octanol–water partition coefficient (Wildman–Crippen LogP) is 3.01. The molecule has 3 N–H and O–H groups in total. The molecule has 1 saturated heterocycles. The normalized spacial score (nSPS) is 13.4. The van der Waals surface area contributed by atoms with E-state index in [1.165, 1.54) is 6.07 Å². The quantitative estimate of drug-likeness (QED) is 0.366. The summed E-state index contributed by atoms with van der Waals surface area (Å²) in [6.07, 6.45) is 3.04. The number of carbonyl (C=O) groups excluding carboxylic acids is 2. The standard InChI is InChI=1S/C17H14FIN4O3.CH2O.H2/c18-12-5-9(19)1-2-13(12)22-15-11-8-20-4-3-14(11)25-16(15)17(24)23-26-10-6-21-7-10;1-2;/h1-5,8,10,21-22H,6-7H2,(H,23,24);1H2;1H. The lowest BCUT2D eigenvalue weighted by atomic mass is 10.2. The average Bonchev–Trinajstić information content (AvgIpc) is 3.03. The van der Waals surface area contributed by atoms with Crippen LogP contribution in [0.15, 0.2) is 41.1 Å². The van der Waals surface area contributed by atoms with Gasteiger partial charge in [0.15, 0.2) is 0 Å². The van der Waals surface area contributed by atoms with Crippen LogP contribution in [0.3, 0.4) is 0 Å². The van der Waals surface area contributed by atoms with Crippen LogP contribution in [0.4, 0.5) is 15.8 Å². The number of rotatable bonds is 5. The van der Waals surface area contributed by atoms with E-state index in [1.54, 1.807) is 30.6 Å². The van der Waals surface area contributed by atoms with E-state index >= 15 is 0 Å². The molecule has 10 heteroatoms. The van der Waals surface area contributed by atoms with Crippen LogP contribution in [-0.2, 0) is 9.63 Å². The number of furan rings is 1. The van der Waals surface area contributed by atoms with Crippen LogP contribution in [0.1, 0.15) is 12.0 Å². The van der Waals surface area contributed by atoms with Crippen LogP contribution >= 0.6 is 22.6 Å². The highest BCUT2D eigenvalue weighted by molar-refractivity contribution is 14.1. The van der Waals surface area contributed by atoms with Gasteiger partial charge in [0.05, 0.1) is 11.1 Å². The lowest BCUT2D eigenvalue weighted by Gasteiger charge is -2.26. The molecule has 28 heavy (non-hydrogen) atoms. The third kappa shape index (κ3) is 4.29. The van der Waals surface area contributed by atoms with E-state index < -0.39 is 11.7 Å². The zero-order chi connectivity index (χ0) is 20.1. The molecule has 1 amide bonds. The Hall–Kier alpha value is -2.57. The smallest absolute Gasteiger partial charge is 0.312 e. The van der Waals surface area contributed by atoms with Gasteiger partial charge in [-0.25, -0.2) is 9.87 Å². The third-order valence-electron chi connectivity index (χ3n) is 3.95. The zero-order valence-corrected chi connectivity index (χ0v) is 16.7. The molecule has 1 fully saturated rings. The summed E-state index contributed by atoms with van der Waals surface area (Å²) in [4.78, 5) is 29.9. The number of amides is 1. The summed E-state index contributed by atoms with van der Waals surface area (Å²) in [5, 5.41) is 6.56. The SMILES string of the molecule is C=O.O=C(NOC1CNC1)c1oc2ccncc2c1Nc1ccc(I)cc1F.[HH]. The molecule has 0 saturated carbocycles. The maximum atomic E-state index is 14.2. The number of nitrogens with one attached hydrogen (secondary N) is 3. The average molecular weight is 500 g/mol. The van der Waals surface area contributed by atoms with Gasteiger partial charge in [-0.2, -0.15) is 0 Å². The largest absolute Gasteiger partial charge is 0.448 e. The summed E-state index contributed by atoms with van der Waals surface area (Å²) in [5.74, 6) is -0.988. The Labute approximate surface area is 174 Å². The number of hydrogen-bond acceptors (Lipinski definition) is 7. The van der Waals surface area contributed by atoms with Gasteiger partial charge in [-0.1, -0.05) is 0 Å². The summed E-state index contributed by atoms with van der Waals surface area (Å²) >= 11 is 2.03. The molecule has 1 aliphatic heterocycles. The second-order valence-electron chi connectivity index (χ2n) is 5.76. The summed E-state index contributed by atoms with van der Waals surface area (Å²) in [7, 11) is 0. The fourth-order valence-electron chi connectivity index (χ4n) is 2.48. The van der Waals surface area contributed by atoms with Crippen molar-refractivity contribution in [3.8, 4) is 0 Å². The molecule has 2 aromatic heterocycles. The number of halogens is 2. The van der Waals surface area contributed by atoms with Crippen LogP contribution in [0.2, 0.25) is 0 Å². The third-order valence-corrected chi connectivity index (χ3v) is 4.62. The van der Waals surface area contributed by atoms with E-state index in [2.05, 4.69) is 21.1 Å². The van der Waals surface area contributed by atoms with Crippen molar-refractivity contribution in [2.45, 2.75) is 6.10 Å². The Morgan fingerprint density at radius 1 is 1.39 bits per heavy atom. The molecular weight excluding hydrogens is 482 g/mol. The summed E-state index contributed by atoms with van der Waals surface area (Å²) < 4.78 is 20.7. The van der Waals surface area contributed by atoms with Crippen LogP contribution in [0.25, 0.3) is 11.0 Å². The molecule has 8 nitrogen and oxygen atoms in total. The van der Waals surface area contributed by atoms with Crippen LogP contribution in [-0.4, -0.2) is 36.9 Å². The molecule has 0 atom stereocenters. The molecule has 4 rings (SSSR count). The first-order valence-corrected chi connectivity index (χ1v) is 9.24. The molecule has 0 radical (unpaired) electrons. The van der Waals surface area contributed by atoms with Gasteiger partial charge in [-0.3, -0.25) is 14.6 Å². The van der Waals surface area contributed by atoms with Gasteiger partial charge in [-0.15, -0.1) is 0 Å². The zero-order valence-electron chi connectivity index (χ0n) is 14.5. The van der Waals surface area contributed by atoms with Gasteiger partial charge in [0.2, 0.25) is 5.76 Å². The predicted molar refractivity (Wildman–Crippen MR) is 111 cm³/mol. The van der Waals surface area contributed by atoms with E-state index in [-0.39, 0.29) is 19.0 Å². The van der Waals surface area contributed by atoms with E-state index in [1.807, 2.05) is 29.4 Å². The number of benzene rings is 1. The second kappa shape index (κ2) is 9.08. The lowest BCUT2D eigenvalue weighted by Crippen LogP contribution is -2.51. The van der Waals surface area contributed by atoms with E-state index in [0.29, 0.717) is 29.7 Å². The number of fused-ring (bicyclic) bond motifs is 1. The van der Waals surface area contributed by atoms with Gasteiger partial charge in [0, 0.05) is 30.5 Å². The second-order valence-corrected chi connectivity index (χ2v) is 7.00. The number of aromatic nitrogens is 1. The van der Waals surface area contributed by atoms with Crippen molar-refractivity contribution in [2.24, 2.45) is 0 Å². The van der Waals surface area contributed by atoms with Crippen LogP contribution < -0.4 is 16.1 Å². The van der Waals surface area contributed by atoms with Crippen LogP contribution in [0, 0.1) is 9.39 Å². The van der Waals surface area contributed by atoms with Crippen molar-refractivity contribution >= 4 is 57.6 Å². The molecule has 148 valence electrons. The highest BCUT2D eigenvalue weighted by Crippen LogP contribution is 2.33. The van der Waals surface area contributed by atoms with Crippen LogP contribution in [0.5, 0.6) is 0 Å². The van der Waals surface area contributed by atoms with Gasteiger partial charge >= 0.3 is 5.91 Å². The van der Waals surface area contributed by atoms with Crippen molar-refractivity contribution in [1.82, 2.24) is 15.8 Å². The number of hydrogen-bond donors (Lipinski definition) is 3. The Morgan fingerprint density at radius 3 is 2.86 bits per heavy atom. The van der Waals surface area contributed by atoms with E-state index in [4.69, 9.17) is 14.0 Å². The Balaban J connectivity index is 0.000000970. The molecule has 0 aliphatic carbocycles. The number of nitrogens with zero attached hydrogens (tertiary/aromatic N) is 1. The molecule has 3 aromatic rings. The molecule has 1 aliphatic rings. The summed E-state index contributed by atoms with van der Waals surface area (Å²) in [6, 6.07) is 6.40. The fraction of sp³-hybridized carbons (Fsp3) is 0.167. The molecule has 1 aromatic carbocycles. The number of anilines is 2. The van der Waals surface area contributed by atoms with Crippen molar-refractivity contribution < 1.29 is 24.7 Å². The topological polar surface area (TPSA) is 105 Å². The summed E-state index contributed by atoms with van der Waals surface area (Å²) in [6.45, 7) is 3.34. The summed E-state index contributed by atoms with van der Waals surface area (Å²) in [5.41, 5.74) is 3.41. The lowest BCUT2D eigenvalue weighted by molar-refractivity contribution is -0.0980. The molecular formula is C18H18FIN4O4. The molecule has 0 bridgehead atoms. The van der Waals surface area contributed by atoms with Crippen molar-refractivity contribution in [2.75, 3.05) is 18.4 Å². The maximum absolute atomic E-state index is 14.2. The van der Waals surface area contributed by atoms with Crippen molar-refractivity contribution in [1.29, 1.82) is 0 Å². The first-order valence-electron chi connectivity index (χ1n) is 8.16. The Bertz CT molecular complexity index is 999. The van der Waals surface area contributed by atoms with Gasteiger partial charge in [0.1, 0.15) is 30.0 Å². The van der Waals surface area contributed by atoms with Gasteiger partial charge in [0.25, 0.3) is 0 Å². The number of pyridine rings is 1. The molecule has 3 heterocycles. The minimum Gasteiger partial charge on any atom is -0.448 e. The molecule has 0 unspecified atom stereocenters. The maximum Gasteiger partial charge on any atom is 0.312 e. The minimum absolute atomic E-state index is 0. The fourth-order valence-corrected chi connectivity index (χ4v) is 2.93. The Kier molecular flexibility index (Phi) is 6.54. The van der Waals surface area contributed by atoms with Crippen molar-refractivity contribution in [3.63, 3.8) is 0 Å². The highest BCUT2D eigenvalue weighted by atomic mass is 127. The van der Waals surface area contributed by atoms with Gasteiger partial charge < -0.3 is 19.8 Å². The highest BCUT2D eigenvalue weighted by Gasteiger charge is 2.24. The first kappa shape index (κ1) is 20.2. The molecule has 0 spiro atoms. The first-order chi connectivity index (χ1) is 13.6. The number of hydroxylamine groups is 1. The van der Waals surface area contributed by atoms with E-state index in [0.717, 1.165) is 3.57 Å². The monoisotopic (exact) mass is 500 g/mol. The van der Waals surface area contributed by atoms with Gasteiger partial charge in [-0.05, 0) is 46.9 Å². The minimum atomic E-state index is -0.554. The van der Waals surface area contributed by atoms with Crippen molar-refractivity contribution in [3.05, 3.63) is 51.8 Å².